The van der Waals surface area contributed by atoms with Gasteiger partial charge in [-0.2, -0.15) is 0 Å². The summed E-state index contributed by atoms with van der Waals surface area (Å²) in [6, 6.07) is 1.00. The highest BCUT2D eigenvalue weighted by Gasteiger charge is 2.18. The molecule has 0 aromatic carbocycles. The van der Waals surface area contributed by atoms with Gasteiger partial charge in [-0.25, -0.2) is 0 Å². The monoisotopic (exact) mass is 171 g/mol. The Balaban J connectivity index is 2.28. The molecule has 72 valence electrons. The zero-order valence-corrected chi connectivity index (χ0v) is 8.21. The zero-order valence-electron chi connectivity index (χ0n) is 8.21. The van der Waals surface area contributed by atoms with Crippen LogP contribution in [0, 0.1) is 0 Å². The van der Waals surface area contributed by atoms with E-state index in [0.717, 1.165) is 32.6 Å². The molecule has 1 fully saturated rings. The number of hydrogen-bond acceptors (Lipinski definition) is 3. The van der Waals surface area contributed by atoms with E-state index in [1.807, 2.05) is 0 Å². The van der Waals surface area contributed by atoms with Crippen LogP contribution >= 0.6 is 0 Å². The average molecular weight is 171 g/mol. The van der Waals surface area contributed by atoms with Crippen LogP contribution in [0.3, 0.4) is 0 Å². The van der Waals surface area contributed by atoms with Gasteiger partial charge in [0.15, 0.2) is 0 Å². The Bertz CT molecular complexity index is 127. The van der Waals surface area contributed by atoms with Gasteiger partial charge in [-0.3, -0.25) is 4.90 Å². The van der Waals surface area contributed by atoms with E-state index in [1.165, 1.54) is 0 Å². The van der Waals surface area contributed by atoms with E-state index in [0.29, 0.717) is 12.1 Å². The smallest absolute Gasteiger partial charge is 0.0193 e. The minimum absolute atomic E-state index is 0.352. The summed E-state index contributed by atoms with van der Waals surface area (Å²) < 4.78 is 0. The molecule has 2 atom stereocenters. The highest BCUT2D eigenvalue weighted by Crippen LogP contribution is 2.03. The molecule has 0 aromatic rings. The van der Waals surface area contributed by atoms with Gasteiger partial charge in [0.1, 0.15) is 0 Å². The fourth-order valence-corrected chi connectivity index (χ4v) is 1.58. The summed E-state index contributed by atoms with van der Waals surface area (Å²) >= 11 is 0. The van der Waals surface area contributed by atoms with Crippen LogP contribution in [0.1, 0.15) is 20.3 Å². The summed E-state index contributed by atoms with van der Waals surface area (Å²) in [6.45, 7) is 8.83. The Kier molecular flexibility index (Phi) is 3.98. The lowest BCUT2D eigenvalue weighted by atomic mass is 10.1. The number of piperazine rings is 1. The van der Waals surface area contributed by atoms with E-state index in [2.05, 4.69) is 24.1 Å². The maximum absolute atomic E-state index is 5.90. The van der Waals surface area contributed by atoms with Crippen molar-refractivity contribution in [2.75, 3.05) is 26.2 Å². The Morgan fingerprint density at radius 2 is 2.42 bits per heavy atom. The maximum atomic E-state index is 5.90. The molecular formula is C9H21N3. The van der Waals surface area contributed by atoms with Crippen molar-refractivity contribution in [2.45, 2.75) is 32.4 Å². The number of nitrogens with zero attached hydrogens (tertiary/aromatic N) is 1. The lowest BCUT2D eigenvalue weighted by Gasteiger charge is -2.35. The molecule has 1 aliphatic rings. The van der Waals surface area contributed by atoms with Crippen molar-refractivity contribution >= 4 is 0 Å². The number of rotatable bonds is 3. The molecule has 0 aromatic heterocycles. The first-order valence-electron chi connectivity index (χ1n) is 4.94. The lowest BCUT2D eigenvalue weighted by Crippen LogP contribution is -2.53. The van der Waals surface area contributed by atoms with Crippen molar-refractivity contribution < 1.29 is 0 Å². The predicted octanol–water partition coefficient (Wildman–Crippen LogP) is 0.0174. The normalized spacial score (nSPS) is 28.8. The van der Waals surface area contributed by atoms with Crippen LogP contribution in [-0.4, -0.2) is 43.2 Å². The highest BCUT2D eigenvalue weighted by atomic mass is 15.2. The molecule has 0 bridgehead atoms. The Morgan fingerprint density at radius 3 is 3.00 bits per heavy atom. The average Bonchev–Trinajstić information content (AvgIpc) is 2.09. The second kappa shape index (κ2) is 4.80. The van der Waals surface area contributed by atoms with Gasteiger partial charge in [0, 0.05) is 38.3 Å². The quantitative estimate of drug-likeness (QED) is 0.629. The van der Waals surface area contributed by atoms with Gasteiger partial charge in [0.25, 0.3) is 0 Å². The van der Waals surface area contributed by atoms with Gasteiger partial charge in [-0.05, 0) is 13.3 Å². The summed E-state index contributed by atoms with van der Waals surface area (Å²) in [7, 11) is 0. The number of nitrogens with two attached hydrogens (primary N) is 1. The standard InChI is InChI=1S/C9H21N3/c1-3-9(10)7-12-5-4-11-6-8(12)2/h8-9,11H,3-7,10H2,1-2H3/t8-,9-/m0/s1. The molecular weight excluding hydrogens is 150 g/mol. The molecule has 3 nitrogen and oxygen atoms in total. The molecule has 3 heteroatoms. The molecule has 0 spiro atoms. The Labute approximate surface area is 75.3 Å². The molecule has 0 radical (unpaired) electrons. The third kappa shape index (κ3) is 2.73. The number of hydrogen-bond donors (Lipinski definition) is 2. The van der Waals surface area contributed by atoms with Crippen molar-refractivity contribution in [3.63, 3.8) is 0 Å². The fourth-order valence-electron chi connectivity index (χ4n) is 1.58. The molecule has 0 unspecified atom stereocenters. The van der Waals surface area contributed by atoms with E-state index in [1.54, 1.807) is 0 Å². The van der Waals surface area contributed by atoms with Crippen molar-refractivity contribution in [3.8, 4) is 0 Å². The van der Waals surface area contributed by atoms with Crippen molar-refractivity contribution in [2.24, 2.45) is 5.73 Å². The highest BCUT2D eigenvalue weighted by molar-refractivity contribution is 4.78. The third-order valence-corrected chi connectivity index (χ3v) is 2.63. The molecule has 1 heterocycles. The van der Waals surface area contributed by atoms with Crippen molar-refractivity contribution in [3.05, 3.63) is 0 Å². The topological polar surface area (TPSA) is 41.3 Å². The van der Waals surface area contributed by atoms with Gasteiger partial charge in [-0.15, -0.1) is 0 Å². The number of nitrogens with one attached hydrogen (secondary N) is 1. The second-order valence-electron chi connectivity index (χ2n) is 3.72. The molecule has 1 rings (SSSR count). The van der Waals surface area contributed by atoms with E-state index < -0.39 is 0 Å². The SMILES string of the molecule is CC[C@H](N)CN1CCNC[C@@H]1C. The van der Waals surface area contributed by atoms with Gasteiger partial charge in [0.05, 0.1) is 0 Å². The minimum Gasteiger partial charge on any atom is -0.327 e. The van der Waals surface area contributed by atoms with Crippen molar-refractivity contribution in [1.82, 2.24) is 10.2 Å². The molecule has 1 saturated heterocycles. The zero-order chi connectivity index (χ0) is 8.97. The van der Waals surface area contributed by atoms with E-state index in [-0.39, 0.29) is 0 Å². The molecule has 0 amide bonds. The first-order valence-corrected chi connectivity index (χ1v) is 4.94. The van der Waals surface area contributed by atoms with Crippen LogP contribution in [0.15, 0.2) is 0 Å². The van der Waals surface area contributed by atoms with Gasteiger partial charge in [-0.1, -0.05) is 6.92 Å². The van der Waals surface area contributed by atoms with Crippen molar-refractivity contribution in [1.29, 1.82) is 0 Å². The summed E-state index contributed by atoms with van der Waals surface area (Å²) in [5.41, 5.74) is 5.90. The molecule has 0 saturated carbocycles. The Morgan fingerprint density at radius 1 is 1.67 bits per heavy atom. The summed E-state index contributed by atoms with van der Waals surface area (Å²) in [5.74, 6) is 0. The third-order valence-electron chi connectivity index (χ3n) is 2.63. The van der Waals surface area contributed by atoms with Crippen LogP contribution in [-0.2, 0) is 0 Å². The van der Waals surface area contributed by atoms with Crippen LogP contribution in [0.5, 0.6) is 0 Å². The van der Waals surface area contributed by atoms with Crippen LogP contribution in [0.25, 0.3) is 0 Å². The Hall–Kier alpha value is -0.120. The largest absolute Gasteiger partial charge is 0.327 e. The second-order valence-corrected chi connectivity index (χ2v) is 3.72. The van der Waals surface area contributed by atoms with E-state index in [9.17, 15) is 0 Å². The van der Waals surface area contributed by atoms with E-state index in [4.69, 9.17) is 5.73 Å². The van der Waals surface area contributed by atoms with Gasteiger partial charge in [0.2, 0.25) is 0 Å². The molecule has 3 N–H and O–H groups in total. The van der Waals surface area contributed by atoms with Crippen LogP contribution < -0.4 is 11.1 Å². The van der Waals surface area contributed by atoms with Crippen LogP contribution in [0.2, 0.25) is 0 Å². The lowest BCUT2D eigenvalue weighted by molar-refractivity contribution is 0.163. The van der Waals surface area contributed by atoms with Gasteiger partial charge < -0.3 is 11.1 Å². The fraction of sp³-hybridized carbons (Fsp3) is 1.00. The molecule has 1 aliphatic heterocycles. The predicted molar refractivity (Wildman–Crippen MR) is 52.2 cm³/mol. The minimum atomic E-state index is 0.352. The summed E-state index contributed by atoms with van der Waals surface area (Å²) in [6.07, 6.45) is 1.08. The first kappa shape index (κ1) is 9.96. The van der Waals surface area contributed by atoms with E-state index >= 15 is 0 Å². The van der Waals surface area contributed by atoms with Gasteiger partial charge >= 0.3 is 0 Å². The summed E-state index contributed by atoms with van der Waals surface area (Å²) in [5, 5.41) is 3.37. The molecule has 0 aliphatic carbocycles. The van der Waals surface area contributed by atoms with Crippen LogP contribution in [0.4, 0.5) is 0 Å². The maximum Gasteiger partial charge on any atom is 0.0193 e. The molecule has 12 heavy (non-hydrogen) atoms. The first-order chi connectivity index (χ1) is 5.74. The summed E-state index contributed by atoms with van der Waals surface area (Å²) in [4.78, 5) is 2.48.